The third-order valence-electron chi connectivity index (χ3n) is 7.05. The summed E-state index contributed by atoms with van der Waals surface area (Å²) >= 11 is 0. The predicted octanol–water partition coefficient (Wildman–Crippen LogP) is 2.33. The number of morpholine rings is 1. The third kappa shape index (κ3) is 4.99. The molecule has 2 amide bonds. The quantitative estimate of drug-likeness (QED) is 0.682. The van der Waals surface area contributed by atoms with Gasteiger partial charge >= 0.3 is 6.09 Å². The molecule has 178 valence electrons. The van der Waals surface area contributed by atoms with E-state index in [2.05, 4.69) is 5.32 Å². The molecular weight excluding hydrogens is 446 g/mol. The number of nitriles is 1. The molecule has 2 aliphatic heterocycles. The van der Waals surface area contributed by atoms with Crippen LogP contribution in [0.2, 0.25) is 0 Å². The van der Waals surface area contributed by atoms with Crippen molar-refractivity contribution in [2.45, 2.75) is 72.7 Å². The molecule has 5 rings (SSSR count). The fraction of sp³-hybridized carbons (Fsp3) is 0.609. The fourth-order valence-electron chi connectivity index (χ4n) is 5.04. The zero-order valence-corrected chi connectivity index (χ0v) is 19.2. The molecule has 4 aliphatic rings. The van der Waals surface area contributed by atoms with Gasteiger partial charge in [0.2, 0.25) is 5.91 Å². The van der Waals surface area contributed by atoms with Gasteiger partial charge in [0.1, 0.15) is 5.54 Å². The van der Waals surface area contributed by atoms with E-state index in [1.54, 1.807) is 24.3 Å². The van der Waals surface area contributed by atoms with E-state index in [9.17, 15) is 18.0 Å². The van der Waals surface area contributed by atoms with Gasteiger partial charge in [-0.2, -0.15) is 5.26 Å². The molecule has 2 saturated heterocycles. The summed E-state index contributed by atoms with van der Waals surface area (Å²) in [4.78, 5) is 25.3. The second-order valence-corrected chi connectivity index (χ2v) is 11.5. The highest BCUT2D eigenvalue weighted by Crippen LogP contribution is 2.38. The first-order valence-corrected chi connectivity index (χ1v) is 12.9. The topological polar surface area (TPSA) is 137 Å². The van der Waals surface area contributed by atoms with Crippen molar-refractivity contribution in [1.29, 1.82) is 5.26 Å². The van der Waals surface area contributed by atoms with Crippen LogP contribution >= 0.6 is 0 Å². The summed E-state index contributed by atoms with van der Waals surface area (Å²) in [5, 5.41) is 18.2. The number of carbonyl (C=O) groups excluding carboxylic acids is 1. The number of carbonyl (C=O) groups is 2. The molecule has 2 heterocycles. The minimum absolute atomic E-state index is 0.150. The highest BCUT2D eigenvalue weighted by atomic mass is 32.2. The van der Waals surface area contributed by atoms with E-state index in [1.165, 1.54) is 0 Å². The molecule has 4 fully saturated rings. The van der Waals surface area contributed by atoms with Crippen LogP contribution in [0.1, 0.15) is 44.9 Å². The molecule has 4 atom stereocenters. The van der Waals surface area contributed by atoms with E-state index < -0.39 is 26.7 Å². The van der Waals surface area contributed by atoms with Crippen molar-refractivity contribution in [2.75, 3.05) is 13.2 Å². The molecule has 1 aromatic rings. The van der Waals surface area contributed by atoms with Crippen LogP contribution in [0.15, 0.2) is 35.2 Å². The zero-order valence-electron chi connectivity index (χ0n) is 18.4. The number of nitrogens with zero attached hydrogens (tertiary/aromatic N) is 2. The normalized spacial score (nSPS) is 29.4. The number of hydrogen-bond acceptors (Lipinski definition) is 6. The minimum atomic E-state index is -3.34. The van der Waals surface area contributed by atoms with Gasteiger partial charge in [-0.1, -0.05) is 18.2 Å². The van der Waals surface area contributed by atoms with Gasteiger partial charge in [-0.3, -0.25) is 4.79 Å². The largest absolute Gasteiger partial charge is 0.465 e. The Kier molecular flexibility index (Phi) is 6.64. The van der Waals surface area contributed by atoms with Crippen LogP contribution in [0, 0.1) is 17.2 Å². The second-order valence-electron chi connectivity index (χ2n) is 9.28. The molecule has 0 spiro atoms. The summed E-state index contributed by atoms with van der Waals surface area (Å²) in [5.74, 6) is -0.00810. The van der Waals surface area contributed by atoms with Crippen molar-refractivity contribution in [2.24, 2.45) is 5.92 Å². The van der Waals surface area contributed by atoms with Crippen LogP contribution in [0.4, 0.5) is 4.79 Å². The van der Waals surface area contributed by atoms with Crippen molar-refractivity contribution in [3.63, 3.8) is 0 Å². The minimum Gasteiger partial charge on any atom is -0.465 e. The summed E-state index contributed by atoms with van der Waals surface area (Å²) in [6, 6.07) is 10.9. The molecule has 2 bridgehead atoms. The Balaban J connectivity index is 0.000000243. The Labute approximate surface area is 193 Å². The Morgan fingerprint density at radius 3 is 2.24 bits per heavy atom. The Morgan fingerprint density at radius 2 is 1.73 bits per heavy atom. The standard InChI is InChI=1S/C18H23NO4S.C5H6N2O2/c20-18(19-14-7-8-15(19)12-23-11-14)13-6-9-17(10-13)24(21,22)16-4-2-1-3-5-16;6-3-5(1-2-5)7-4(8)9/h1-5,13-15,17H,6-12H2;7H,1-2H2,(H,8,9)/t13-,14-,15+,17-;/m1./s1. The lowest BCUT2D eigenvalue weighted by Gasteiger charge is -2.36. The Morgan fingerprint density at radius 1 is 1.09 bits per heavy atom. The fourth-order valence-corrected chi connectivity index (χ4v) is 6.90. The van der Waals surface area contributed by atoms with E-state index in [0.717, 1.165) is 12.8 Å². The van der Waals surface area contributed by atoms with E-state index in [1.807, 2.05) is 17.0 Å². The highest BCUT2D eigenvalue weighted by molar-refractivity contribution is 7.92. The van der Waals surface area contributed by atoms with Crippen molar-refractivity contribution in [3.05, 3.63) is 30.3 Å². The lowest BCUT2D eigenvalue weighted by atomic mass is 10.1. The van der Waals surface area contributed by atoms with Gasteiger partial charge in [-0.25, -0.2) is 13.2 Å². The lowest BCUT2D eigenvalue weighted by Crippen LogP contribution is -2.51. The first-order chi connectivity index (χ1) is 15.8. The van der Waals surface area contributed by atoms with Crippen LogP contribution in [-0.2, 0) is 19.4 Å². The summed E-state index contributed by atoms with van der Waals surface area (Å²) in [7, 11) is -3.34. The van der Waals surface area contributed by atoms with Crippen molar-refractivity contribution < 1.29 is 27.9 Å². The lowest BCUT2D eigenvalue weighted by molar-refractivity contribution is -0.145. The van der Waals surface area contributed by atoms with Gasteiger partial charge in [0, 0.05) is 5.92 Å². The third-order valence-corrected chi connectivity index (χ3v) is 9.28. The van der Waals surface area contributed by atoms with Crippen LogP contribution in [0.5, 0.6) is 0 Å². The molecule has 33 heavy (non-hydrogen) atoms. The molecule has 1 aromatic carbocycles. The molecule has 9 nitrogen and oxygen atoms in total. The average Bonchev–Trinajstić information content (AvgIpc) is 3.29. The summed E-state index contributed by atoms with van der Waals surface area (Å²) < 4.78 is 31.1. The van der Waals surface area contributed by atoms with E-state index in [0.29, 0.717) is 50.2 Å². The van der Waals surface area contributed by atoms with Crippen LogP contribution in [-0.4, -0.2) is 66.5 Å². The smallest absolute Gasteiger partial charge is 0.405 e. The van der Waals surface area contributed by atoms with Crippen LogP contribution in [0.3, 0.4) is 0 Å². The first kappa shape index (κ1) is 23.5. The van der Waals surface area contributed by atoms with E-state index in [4.69, 9.17) is 15.1 Å². The van der Waals surface area contributed by atoms with Gasteiger partial charge in [0.05, 0.1) is 41.5 Å². The number of sulfone groups is 1. The van der Waals surface area contributed by atoms with Crippen LogP contribution in [0.25, 0.3) is 0 Å². The Hall–Kier alpha value is -2.64. The molecule has 10 heteroatoms. The van der Waals surface area contributed by atoms with Crippen molar-refractivity contribution in [3.8, 4) is 6.07 Å². The monoisotopic (exact) mass is 475 g/mol. The summed E-state index contributed by atoms with van der Waals surface area (Å²) in [6.07, 6.45) is 3.90. The number of benzene rings is 1. The number of hydrogen-bond donors (Lipinski definition) is 2. The first-order valence-electron chi connectivity index (χ1n) is 11.4. The van der Waals surface area contributed by atoms with Gasteiger partial charge in [-0.05, 0) is 57.1 Å². The number of ether oxygens (including phenoxy) is 1. The highest BCUT2D eigenvalue weighted by Gasteiger charge is 2.46. The average molecular weight is 476 g/mol. The second kappa shape index (κ2) is 9.31. The number of rotatable bonds is 4. The van der Waals surface area contributed by atoms with Gasteiger partial charge in [0.15, 0.2) is 9.84 Å². The summed E-state index contributed by atoms with van der Waals surface area (Å²) in [6.45, 7) is 1.25. The van der Waals surface area contributed by atoms with E-state index in [-0.39, 0.29) is 23.9 Å². The predicted molar refractivity (Wildman–Crippen MR) is 118 cm³/mol. The summed E-state index contributed by atoms with van der Waals surface area (Å²) in [5.41, 5.74) is -0.730. The molecule has 2 saturated carbocycles. The van der Waals surface area contributed by atoms with Crippen LogP contribution < -0.4 is 5.32 Å². The SMILES string of the molecule is N#CC1(NC(=O)O)CC1.O=C([C@@H]1CC[C@@H](S(=O)(=O)c2ccccc2)C1)N1[C@@H]2CC[C@H]1COC2. The number of fused-ring (bicyclic) bond motifs is 2. The molecular formula is C23H29N3O6S. The zero-order chi connectivity index (χ0) is 23.6. The van der Waals surface area contributed by atoms with Gasteiger partial charge < -0.3 is 20.1 Å². The maximum atomic E-state index is 12.9. The maximum Gasteiger partial charge on any atom is 0.405 e. The van der Waals surface area contributed by atoms with Gasteiger partial charge in [0.25, 0.3) is 0 Å². The van der Waals surface area contributed by atoms with Gasteiger partial charge in [-0.15, -0.1) is 0 Å². The molecule has 0 unspecified atom stereocenters. The molecule has 2 N–H and O–H groups in total. The van der Waals surface area contributed by atoms with Crippen molar-refractivity contribution in [1.82, 2.24) is 10.2 Å². The molecule has 2 aliphatic carbocycles. The van der Waals surface area contributed by atoms with Crippen molar-refractivity contribution >= 4 is 21.8 Å². The number of amides is 2. The Bertz CT molecular complexity index is 1020. The molecule has 0 radical (unpaired) electrons. The van der Waals surface area contributed by atoms with E-state index >= 15 is 0 Å². The maximum absolute atomic E-state index is 12.9. The molecule has 0 aromatic heterocycles. The number of carboxylic acid groups (broad SMARTS) is 1. The number of nitrogens with one attached hydrogen (secondary N) is 1.